The number of allylic oxidation sites excluding steroid dienone is 2. The van der Waals surface area contributed by atoms with Crippen LogP contribution in [0.3, 0.4) is 0 Å². The number of methoxy groups -OCH3 is 2. The maximum Gasteiger partial charge on any atom is 0.330 e. The lowest BCUT2D eigenvalue weighted by Gasteiger charge is -2.47. The van der Waals surface area contributed by atoms with Crippen LogP contribution in [0.5, 0.6) is 0 Å². The van der Waals surface area contributed by atoms with Crippen molar-refractivity contribution in [2.75, 3.05) is 27.4 Å². The Kier molecular flexibility index (Phi) is 24.5. The quantitative estimate of drug-likeness (QED) is 0.0422. The van der Waals surface area contributed by atoms with Crippen LogP contribution in [0.25, 0.3) is 0 Å². The molecular formula is C40H64O18. The molecule has 0 bridgehead atoms. The van der Waals surface area contributed by atoms with E-state index < -0.39 is 111 Å². The lowest BCUT2D eigenvalue weighted by atomic mass is 9.97. The van der Waals surface area contributed by atoms with E-state index in [1.54, 1.807) is 19.1 Å². The molecule has 2 aliphatic rings. The van der Waals surface area contributed by atoms with Crippen molar-refractivity contribution in [2.45, 2.75) is 172 Å². The van der Waals surface area contributed by atoms with Gasteiger partial charge in [-0.3, -0.25) is 14.4 Å². The first-order valence-electron chi connectivity index (χ1n) is 20.0. The van der Waals surface area contributed by atoms with Crippen LogP contribution in [0.4, 0.5) is 0 Å². The number of carbonyl (C=O) groups excluding carboxylic acids is 5. The number of hydrogen-bond acceptors (Lipinski definition) is 18. The lowest BCUT2D eigenvalue weighted by molar-refractivity contribution is -0.371. The molecule has 11 unspecified atom stereocenters. The summed E-state index contributed by atoms with van der Waals surface area (Å²) in [4.78, 5) is 58.4. The van der Waals surface area contributed by atoms with E-state index in [9.17, 15) is 44.4 Å². The molecule has 332 valence electrons. The third-order valence-corrected chi connectivity index (χ3v) is 9.51. The normalized spacial score (nSPS) is 27.9. The predicted molar refractivity (Wildman–Crippen MR) is 202 cm³/mol. The number of carbonyl (C=O) groups is 5. The summed E-state index contributed by atoms with van der Waals surface area (Å²) in [6.07, 6.45) is -0.714. The Morgan fingerprint density at radius 2 is 1.12 bits per heavy atom. The minimum absolute atomic E-state index is 0.00533. The van der Waals surface area contributed by atoms with Gasteiger partial charge in [-0.05, 0) is 45.4 Å². The van der Waals surface area contributed by atoms with E-state index in [1.165, 1.54) is 33.3 Å². The molecule has 0 aromatic rings. The minimum Gasteiger partial charge on any atom is -0.466 e. The van der Waals surface area contributed by atoms with E-state index >= 15 is 0 Å². The Balaban J connectivity index is 2.05. The molecule has 18 heteroatoms. The molecule has 2 fully saturated rings. The van der Waals surface area contributed by atoms with E-state index in [4.69, 9.17) is 33.2 Å². The molecule has 2 rings (SSSR count). The summed E-state index contributed by atoms with van der Waals surface area (Å²) in [5, 5.41) is 44.5. The van der Waals surface area contributed by atoms with Crippen LogP contribution in [-0.2, 0) is 66.6 Å². The lowest BCUT2D eigenvalue weighted by Crippen LogP contribution is -2.65. The van der Waals surface area contributed by atoms with Gasteiger partial charge in [0.25, 0.3) is 0 Å². The van der Waals surface area contributed by atoms with E-state index in [0.717, 1.165) is 58.3 Å². The van der Waals surface area contributed by atoms with Crippen molar-refractivity contribution >= 4 is 29.8 Å². The second-order valence-corrected chi connectivity index (χ2v) is 14.3. The van der Waals surface area contributed by atoms with Gasteiger partial charge in [-0.25, -0.2) is 9.59 Å². The highest BCUT2D eigenvalue weighted by Crippen LogP contribution is 2.32. The maximum atomic E-state index is 12.8. The van der Waals surface area contributed by atoms with Gasteiger partial charge in [-0.2, -0.15) is 0 Å². The largest absolute Gasteiger partial charge is 0.466 e. The van der Waals surface area contributed by atoms with Crippen LogP contribution in [0.15, 0.2) is 24.3 Å². The zero-order valence-electron chi connectivity index (χ0n) is 34.3. The van der Waals surface area contributed by atoms with E-state index in [2.05, 4.69) is 9.47 Å². The number of esters is 5. The summed E-state index contributed by atoms with van der Waals surface area (Å²) in [5.74, 6) is -2.83. The van der Waals surface area contributed by atoms with E-state index in [-0.39, 0.29) is 6.42 Å². The van der Waals surface area contributed by atoms with Gasteiger partial charge in [0.05, 0.1) is 20.3 Å². The monoisotopic (exact) mass is 832 g/mol. The summed E-state index contributed by atoms with van der Waals surface area (Å²) < 4.78 is 48.8. The molecule has 0 spiro atoms. The number of unbranched alkanes of at least 4 members (excludes halogenated alkanes) is 9. The van der Waals surface area contributed by atoms with Crippen molar-refractivity contribution in [2.24, 2.45) is 0 Å². The van der Waals surface area contributed by atoms with Gasteiger partial charge in [0, 0.05) is 32.4 Å². The molecule has 0 saturated carbocycles. The Hall–Kier alpha value is -3.49. The molecule has 4 N–H and O–H groups in total. The number of aliphatic hydroxyl groups excluding tert-OH is 4. The number of rotatable bonds is 26. The van der Waals surface area contributed by atoms with Crippen molar-refractivity contribution < 1.29 is 87.0 Å². The summed E-state index contributed by atoms with van der Waals surface area (Å²) in [6, 6.07) is 0. The molecule has 11 atom stereocenters. The first-order chi connectivity index (χ1) is 27.7. The van der Waals surface area contributed by atoms with Crippen molar-refractivity contribution in [1.29, 1.82) is 0 Å². The first-order valence-corrected chi connectivity index (χ1v) is 20.0. The minimum atomic E-state index is -1.86. The van der Waals surface area contributed by atoms with Crippen molar-refractivity contribution in [3.63, 3.8) is 0 Å². The Morgan fingerprint density at radius 1 is 0.621 bits per heavy atom. The van der Waals surface area contributed by atoms with Crippen LogP contribution in [-0.4, -0.2) is 145 Å². The molecule has 2 saturated heterocycles. The summed E-state index contributed by atoms with van der Waals surface area (Å²) in [7, 11) is 2.62. The fourth-order valence-corrected chi connectivity index (χ4v) is 6.26. The van der Waals surface area contributed by atoms with Crippen molar-refractivity contribution in [3.8, 4) is 0 Å². The third-order valence-electron chi connectivity index (χ3n) is 9.51. The standard InChI is InChI=1S/C40H64O18/c1-25(19-15-11-9-10-13-17-21-31(44)51-5)54-40-38(34(47)33(46)28(55-40)23-52-26(2)41)58-39-36(49)35(48)37(29(56-39)24-53-27(3)42)57-32(45)22-18-14-8-6-7-12-16-20-30(43)50-4/h16-17,20-21,25,28-29,33-40,46-49H,6-15,18-19,22-24H2,1-5H3/b20-16+,21-17+. The number of aliphatic hydroxyl groups is 4. The molecule has 0 aromatic carbocycles. The summed E-state index contributed by atoms with van der Waals surface area (Å²) in [5.41, 5.74) is 0. The second kappa shape index (κ2) is 28.1. The van der Waals surface area contributed by atoms with Crippen molar-refractivity contribution in [3.05, 3.63) is 24.3 Å². The Labute approximate surface area is 340 Å². The molecular weight excluding hydrogens is 768 g/mol. The smallest absolute Gasteiger partial charge is 0.330 e. The number of ether oxygens (including phenoxy) is 9. The van der Waals surface area contributed by atoms with Crippen LogP contribution in [0, 0.1) is 0 Å². The van der Waals surface area contributed by atoms with Gasteiger partial charge >= 0.3 is 29.8 Å². The first kappa shape index (κ1) is 50.7. The second-order valence-electron chi connectivity index (χ2n) is 14.3. The van der Waals surface area contributed by atoms with Gasteiger partial charge in [-0.15, -0.1) is 0 Å². The average Bonchev–Trinajstić information content (AvgIpc) is 3.18. The highest BCUT2D eigenvalue weighted by molar-refractivity contribution is 5.82. The molecule has 2 aliphatic heterocycles. The van der Waals surface area contributed by atoms with Crippen LogP contribution in [0.2, 0.25) is 0 Å². The molecule has 0 aromatic heterocycles. The van der Waals surface area contributed by atoms with E-state index in [0.29, 0.717) is 25.7 Å². The molecule has 18 nitrogen and oxygen atoms in total. The average molecular weight is 833 g/mol. The van der Waals surface area contributed by atoms with Gasteiger partial charge in [0.15, 0.2) is 18.7 Å². The maximum absolute atomic E-state index is 12.8. The van der Waals surface area contributed by atoms with Gasteiger partial charge < -0.3 is 63.1 Å². The third kappa shape index (κ3) is 19.1. The van der Waals surface area contributed by atoms with Gasteiger partial charge in [0.2, 0.25) is 0 Å². The van der Waals surface area contributed by atoms with Crippen molar-refractivity contribution in [1.82, 2.24) is 0 Å². The summed E-state index contributed by atoms with van der Waals surface area (Å²) >= 11 is 0. The molecule has 0 radical (unpaired) electrons. The fraction of sp³-hybridized carbons (Fsp3) is 0.775. The van der Waals surface area contributed by atoms with Gasteiger partial charge in [0.1, 0.15) is 55.9 Å². The zero-order chi connectivity index (χ0) is 43.0. The Morgan fingerprint density at radius 3 is 1.69 bits per heavy atom. The van der Waals surface area contributed by atoms with E-state index in [1.807, 2.05) is 0 Å². The Bertz CT molecular complexity index is 1300. The summed E-state index contributed by atoms with van der Waals surface area (Å²) in [6.45, 7) is 3.20. The van der Waals surface area contributed by atoms with Gasteiger partial charge in [-0.1, -0.05) is 50.7 Å². The number of hydrogen-bond donors (Lipinski definition) is 4. The van der Waals surface area contributed by atoms with Crippen LogP contribution >= 0.6 is 0 Å². The molecule has 0 amide bonds. The highest BCUT2D eigenvalue weighted by atomic mass is 16.8. The SMILES string of the molecule is COC(=O)/C=C/CCCCCCCC(=O)OC1C(COC(C)=O)OC(OC2C(OC(C)CCCCCC/C=C/C(=O)OC)OC(COC(C)=O)C(O)C2O)C(O)C1O. The predicted octanol–water partition coefficient (Wildman–Crippen LogP) is 2.24. The zero-order valence-corrected chi connectivity index (χ0v) is 34.3. The molecule has 2 heterocycles. The molecule has 0 aliphatic carbocycles. The topological polar surface area (TPSA) is 249 Å². The fourth-order valence-electron chi connectivity index (χ4n) is 6.26. The van der Waals surface area contributed by atoms with Crippen LogP contribution < -0.4 is 0 Å². The molecule has 58 heavy (non-hydrogen) atoms. The highest BCUT2D eigenvalue weighted by Gasteiger charge is 2.53. The van der Waals surface area contributed by atoms with Crippen LogP contribution in [0.1, 0.15) is 104 Å².